The number of hydrogen-bond donors (Lipinski definition) is 1. The molecule has 0 saturated carbocycles. The Balaban J connectivity index is 2.42. The molecule has 0 saturated heterocycles. The molecule has 0 aliphatic carbocycles. The summed E-state index contributed by atoms with van der Waals surface area (Å²) in [5.74, 6) is 0. The van der Waals surface area contributed by atoms with Gasteiger partial charge in [-0.15, -0.1) is 4.68 Å². The molecular formula is C7H14N3+. The molecule has 0 aliphatic heterocycles. The molecule has 0 aliphatic rings. The van der Waals surface area contributed by atoms with Crippen LogP contribution in [0, 0.1) is 0 Å². The molecule has 0 radical (unpaired) electrons. The summed E-state index contributed by atoms with van der Waals surface area (Å²) in [6.07, 6.45) is 7.15. The number of aryl methyl sites for hydroxylation is 1. The van der Waals surface area contributed by atoms with E-state index in [1.54, 1.807) is 0 Å². The Kier molecular flexibility index (Phi) is 2.31. The van der Waals surface area contributed by atoms with Gasteiger partial charge in [-0.3, -0.25) is 5.43 Å². The maximum atomic E-state index is 3.21. The number of rotatable bonds is 3. The Labute approximate surface area is 61.3 Å². The average Bonchev–Trinajstić information content (AvgIpc) is 2.31. The van der Waals surface area contributed by atoms with Gasteiger partial charge in [0.1, 0.15) is 6.20 Å². The highest BCUT2D eigenvalue weighted by molar-refractivity contribution is 4.73. The van der Waals surface area contributed by atoms with E-state index in [1.165, 1.54) is 0 Å². The maximum absolute atomic E-state index is 3.21. The molecule has 1 aromatic heterocycles. The zero-order valence-corrected chi connectivity index (χ0v) is 6.54. The van der Waals surface area contributed by atoms with Gasteiger partial charge in [0.25, 0.3) is 6.33 Å². The van der Waals surface area contributed by atoms with E-state index in [0.29, 0.717) is 0 Å². The van der Waals surface area contributed by atoms with Crippen LogP contribution in [0.15, 0.2) is 18.7 Å². The first-order chi connectivity index (χ1) is 4.83. The van der Waals surface area contributed by atoms with E-state index in [9.17, 15) is 0 Å². The SMILES string of the molecule is CCCNn1cc[n+](C)c1. The topological polar surface area (TPSA) is 20.8 Å². The number of nitrogens with one attached hydrogen (secondary N) is 1. The first-order valence-electron chi connectivity index (χ1n) is 3.60. The number of hydrogen-bond acceptors (Lipinski definition) is 1. The quantitative estimate of drug-likeness (QED) is 0.598. The Bertz CT molecular complexity index is 192. The predicted octanol–water partition coefficient (Wildman–Crippen LogP) is 0.266. The van der Waals surface area contributed by atoms with E-state index in [-0.39, 0.29) is 0 Å². The third-order valence-corrected chi connectivity index (χ3v) is 1.31. The second-order valence-electron chi connectivity index (χ2n) is 2.39. The summed E-state index contributed by atoms with van der Waals surface area (Å²) >= 11 is 0. The fourth-order valence-corrected chi connectivity index (χ4v) is 0.785. The monoisotopic (exact) mass is 140 g/mol. The van der Waals surface area contributed by atoms with Crippen molar-refractivity contribution in [2.75, 3.05) is 12.0 Å². The van der Waals surface area contributed by atoms with Gasteiger partial charge in [-0.1, -0.05) is 6.92 Å². The molecule has 0 amide bonds. The van der Waals surface area contributed by atoms with Crippen LogP contribution in [0.5, 0.6) is 0 Å². The second kappa shape index (κ2) is 3.25. The normalized spacial score (nSPS) is 9.80. The van der Waals surface area contributed by atoms with Crippen LogP contribution in [0.4, 0.5) is 0 Å². The van der Waals surface area contributed by atoms with Crippen molar-refractivity contribution in [3.63, 3.8) is 0 Å². The van der Waals surface area contributed by atoms with E-state index in [4.69, 9.17) is 0 Å². The second-order valence-corrected chi connectivity index (χ2v) is 2.39. The van der Waals surface area contributed by atoms with Gasteiger partial charge in [-0.2, -0.15) is 0 Å². The van der Waals surface area contributed by atoms with Gasteiger partial charge < -0.3 is 0 Å². The molecule has 3 nitrogen and oxygen atoms in total. The molecule has 1 heterocycles. The van der Waals surface area contributed by atoms with Crippen LogP contribution in [-0.2, 0) is 7.05 Å². The smallest absolute Gasteiger partial charge is 0.256 e. The molecule has 0 spiro atoms. The van der Waals surface area contributed by atoms with Crippen molar-refractivity contribution in [3.05, 3.63) is 18.7 Å². The Hall–Kier alpha value is -0.990. The van der Waals surface area contributed by atoms with Crippen molar-refractivity contribution < 1.29 is 4.57 Å². The zero-order chi connectivity index (χ0) is 7.40. The van der Waals surface area contributed by atoms with Crippen LogP contribution in [0.25, 0.3) is 0 Å². The van der Waals surface area contributed by atoms with Gasteiger partial charge in [-0.25, -0.2) is 4.57 Å². The third-order valence-electron chi connectivity index (χ3n) is 1.31. The van der Waals surface area contributed by atoms with E-state index >= 15 is 0 Å². The Morgan fingerprint density at radius 3 is 2.90 bits per heavy atom. The van der Waals surface area contributed by atoms with Crippen molar-refractivity contribution in [2.24, 2.45) is 7.05 Å². The summed E-state index contributed by atoms with van der Waals surface area (Å²) in [5.41, 5.74) is 3.21. The van der Waals surface area contributed by atoms with Crippen molar-refractivity contribution in [1.29, 1.82) is 0 Å². The molecule has 1 rings (SSSR count). The van der Waals surface area contributed by atoms with Crippen molar-refractivity contribution >= 4 is 0 Å². The summed E-state index contributed by atoms with van der Waals surface area (Å²) in [7, 11) is 2.00. The first-order valence-corrected chi connectivity index (χ1v) is 3.60. The van der Waals surface area contributed by atoms with Gasteiger partial charge in [0, 0.05) is 0 Å². The van der Waals surface area contributed by atoms with Gasteiger partial charge in [0.15, 0.2) is 6.20 Å². The van der Waals surface area contributed by atoms with Crippen LogP contribution in [0.2, 0.25) is 0 Å². The van der Waals surface area contributed by atoms with Crippen LogP contribution in [-0.4, -0.2) is 11.2 Å². The summed E-state index contributed by atoms with van der Waals surface area (Å²) in [6.45, 7) is 3.17. The summed E-state index contributed by atoms with van der Waals surface area (Å²) in [6, 6.07) is 0. The fourth-order valence-electron chi connectivity index (χ4n) is 0.785. The lowest BCUT2D eigenvalue weighted by Crippen LogP contribution is -2.25. The molecule has 3 heteroatoms. The molecule has 10 heavy (non-hydrogen) atoms. The minimum Gasteiger partial charge on any atom is -0.256 e. The van der Waals surface area contributed by atoms with Gasteiger partial charge in [-0.05, 0) is 6.42 Å². The minimum atomic E-state index is 1.02. The van der Waals surface area contributed by atoms with E-state index in [2.05, 4.69) is 12.3 Å². The van der Waals surface area contributed by atoms with Crippen molar-refractivity contribution in [3.8, 4) is 0 Å². The van der Waals surface area contributed by atoms with Gasteiger partial charge in [0.2, 0.25) is 0 Å². The number of imidazole rings is 1. The first kappa shape index (κ1) is 7.12. The maximum Gasteiger partial charge on any atom is 0.266 e. The molecule has 0 unspecified atom stereocenters. The number of aromatic nitrogens is 2. The summed E-state index contributed by atoms with van der Waals surface area (Å²) in [5, 5.41) is 0. The zero-order valence-electron chi connectivity index (χ0n) is 6.54. The minimum absolute atomic E-state index is 1.02. The third kappa shape index (κ3) is 1.76. The fraction of sp³-hybridized carbons (Fsp3) is 0.571. The Morgan fingerprint density at radius 2 is 2.40 bits per heavy atom. The highest BCUT2D eigenvalue weighted by atomic mass is 15.4. The standard InChI is InChI=1S/C7H14N3/c1-3-4-8-10-6-5-9(2)7-10/h5-8H,3-4H2,1-2H3/q+1. The van der Waals surface area contributed by atoms with Crippen molar-refractivity contribution in [1.82, 2.24) is 4.68 Å². The van der Waals surface area contributed by atoms with E-state index in [1.807, 2.05) is 35.0 Å². The highest BCUT2D eigenvalue weighted by Crippen LogP contribution is 1.78. The van der Waals surface area contributed by atoms with Gasteiger partial charge in [0.05, 0.1) is 13.6 Å². The molecule has 0 fully saturated rings. The summed E-state index contributed by atoms with van der Waals surface area (Å²) < 4.78 is 3.96. The lowest BCUT2D eigenvalue weighted by molar-refractivity contribution is -0.670. The lowest BCUT2D eigenvalue weighted by atomic mass is 10.5. The molecule has 1 N–H and O–H groups in total. The Morgan fingerprint density at radius 1 is 1.60 bits per heavy atom. The lowest BCUT2D eigenvalue weighted by Gasteiger charge is -1.95. The van der Waals surface area contributed by atoms with E-state index < -0.39 is 0 Å². The van der Waals surface area contributed by atoms with Gasteiger partial charge >= 0.3 is 0 Å². The average molecular weight is 140 g/mol. The van der Waals surface area contributed by atoms with Crippen LogP contribution in [0.1, 0.15) is 13.3 Å². The summed E-state index contributed by atoms with van der Waals surface area (Å²) in [4.78, 5) is 0. The van der Waals surface area contributed by atoms with Crippen molar-refractivity contribution in [2.45, 2.75) is 13.3 Å². The van der Waals surface area contributed by atoms with Crippen LogP contribution in [0.3, 0.4) is 0 Å². The highest BCUT2D eigenvalue weighted by Gasteiger charge is 1.95. The number of nitrogens with zero attached hydrogens (tertiary/aromatic N) is 2. The molecule has 0 atom stereocenters. The largest absolute Gasteiger partial charge is 0.266 e. The molecule has 56 valence electrons. The van der Waals surface area contributed by atoms with E-state index in [0.717, 1.165) is 13.0 Å². The molecule has 0 aromatic carbocycles. The van der Waals surface area contributed by atoms with Crippen LogP contribution >= 0.6 is 0 Å². The molecule has 1 aromatic rings. The molecule has 0 bridgehead atoms. The van der Waals surface area contributed by atoms with Crippen LogP contribution < -0.4 is 9.99 Å². The predicted molar refractivity (Wildman–Crippen MR) is 40.1 cm³/mol. The molecular weight excluding hydrogens is 126 g/mol.